The Morgan fingerprint density at radius 2 is 2.00 bits per heavy atom. The fourth-order valence-corrected chi connectivity index (χ4v) is 4.64. The lowest BCUT2D eigenvalue weighted by Crippen LogP contribution is -2.42. The number of aliphatic imine (C=N–C) groups is 1. The van der Waals surface area contributed by atoms with Crippen LogP contribution in [0.5, 0.6) is 0 Å². The van der Waals surface area contributed by atoms with Crippen LogP contribution in [-0.2, 0) is 4.79 Å². The summed E-state index contributed by atoms with van der Waals surface area (Å²) in [4.78, 5) is 19.5. The van der Waals surface area contributed by atoms with Crippen molar-refractivity contribution in [3.05, 3.63) is 51.4 Å². The van der Waals surface area contributed by atoms with E-state index in [1.165, 1.54) is 16.2 Å². The standard InChI is InChI=1S/C22H22F2N6OS/c1-11-12(2)32-22-19(11)20(15-6-4-14(9-25)5-7-15)29-16(21(27)30(22)13(3)26)8-18(31)28-10-17(23)24/h4-7,16-17,26-27H,8,10H2,1-3H3,(H,28,31)/t16-/m0/s1. The molecular weight excluding hydrogens is 434 g/mol. The second-order valence-electron chi connectivity index (χ2n) is 7.35. The van der Waals surface area contributed by atoms with Crippen LogP contribution in [0, 0.1) is 36.0 Å². The van der Waals surface area contributed by atoms with E-state index in [9.17, 15) is 13.6 Å². The molecule has 0 unspecified atom stereocenters. The molecule has 0 bridgehead atoms. The van der Waals surface area contributed by atoms with E-state index >= 15 is 0 Å². The average Bonchev–Trinajstić information content (AvgIpc) is 2.96. The van der Waals surface area contributed by atoms with Gasteiger partial charge in [-0.05, 0) is 38.5 Å². The number of carbonyl (C=O) groups is 1. The van der Waals surface area contributed by atoms with Gasteiger partial charge in [-0.25, -0.2) is 8.78 Å². The van der Waals surface area contributed by atoms with Crippen LogP contribution >= 0.6 is 11.3 Å². The van der Waals surface area contributed by atoms with Gasteiger partial charge in [0.25, 0.3) is 6.43 Å². The molecule has 0 aliphatic carbocycles. The summed E-state index contributed by atoms with van der Waals surface area (Å²) >= 11 is 1.42. The van der Waals surface area contributed by atoms with Gasteiger partial charge >= 0.3 is 0 Å². The summed E-state index contributed by atoms with van der Waals surface area (Å²) in [5, 5.41) is 28.9. The lowest BCUT2D eigenvalue weighted by Gasteiger charge is -2.24. The highest BCUT2D eigenvalue weighted by Gasteiger charge is 2.34. The molecule has 3 N–H and O–H groups in total. The first kappa shape index (κ1) is 23.2. The highest BCUT2D eigenvalue weighted by atomic mass is 32.1. The number of nitrogens with zero attached hydrogens (tertiary/aromatic N) is 3. The lowest BCUT2D eigenvalue weighted by atomic mass is 9.99. The zero-order valence-electron chi connectivity index (χ0n) is 17.8. The number of nitrogens with one attached hydrogen (secondary N) is 3. The number of alkyl halides is 2. The van der Waals surface area contributed by atoms with Crippen LogP contribution in [0.1, 0.15) is 40.5 Å². The molecule has 1 amide bonds. The second-order valence-corrected chi connectivity index (χ2v) is 8.55. The number of amidine groups is 2. The number of benzene rings is 1. The molecule has 1 aliphatic rings. The van der Waals surface area contributed by atoms with Crippen molar-refractivity contribution >= 4 is 39.6 Å². The molecule has 10 heteroatoms. The number of aryl methyl sites for hydroxylation is 1. The molecule has 1 aromatic carbocycles. The summed E-state index contributed by atoms with van der Waals surface area (Å²) in [6, 6.07) is 7.91. The van der Waals surface area contributed by atoms with Crippen molar-refractivity contribution in [2.45, 2.75) is 39.7 Å². The van der Waals surface area contributed by atoms with E-state index in [1.807, 2.05) is 13.8 Å². The number of hydrogen-bond acceptors (Lipinski definition) is 6. The van der Waals surface area contributed by atoms with Crippen LogP contribution in [-0.4, -0.2) is 42.3 Å². The molecule has 32 heavy (non-hydrogen) atoms. The lowest BCUT2D eigenvalue weighted by molar-refractivity contribution is -0.121. The Morgan fingerprint density at radius 1 is 1.34 bits per heavy atom. The van der Waals surface area contributed by atoms with E-state index < -0.39 is 24.9 Å². The van der Waals surface area contributed by atoms with Crippen LogP contribution in [0.4, 0.5) is 13.8 Å². The summed E-state index contributed by atoms with van der Waals surface area (Å²) in [5.41, 5.74) is 3.40. The van der Waals surface area contributed by atoms with Gasteiger partial charge < -0.3 is 5.32 Å². The SMILES string of the molecule is CC(=N)N1C(=N)[C@H](CC(=O)NCC(F)F)N=C(c2ccc(C#N)cc2)c2c1sc(C)c2C. The fraction of sp³-hybridized carbons (Fsp3) is 0.318. The van der Waals surface area contributed by atoms with E-state index in [4.69, 9.17) is 21.1 Å². The van der Waals surface area contributed by atoms with Crippen molar-refractivity contribution in [2.75, 3.05) is 11.4 Å². The van der Waals surface area contributed by atoms with Crippen molar-refractivity contribution in [1.29, 1.82) is 16.1 Å². The first-order valence-corrected chi connectivity index (χ1v) is 10.6. The zero-order valence-corrected chi connectivity index (χ0v) is 18.6. The van der Waals surface area contributed by atoms with Crippen molar-refractivity contribution < 1.29 is 13.6 Å². The minimum absolute atomic E-state index is 0.0733. The molecule has 2 heterocycles. The molecule has 0 radical (unpaired) electrons. The maximum atomic E-state index is 12.5. The fourth-order valence-electron chi connectivity index (χ4n) is 3.42. The Kier molecular flexibility index (Phi) is 6.79. The molecule has 3 rings (SSSR count). The smallest absolute Gasteiger partial charge is 0.255 e. The number of amides is 1. The number of rotatable bonds is 5. The van der Waals surface area contributed by atoms with Crippen LogP contribution < -0.4 is 10.2 Å². The van der Waals surface area contributed by atoms with E-state index in [2.05, 4.69) is 11.4 Å². The molecule has 0 fully saturated rings. The predicted octanol–water partition coefficient (Wildman–Crippen LogP) is 4.01. The topological polar surface area (TPSA) is 116 Å². The molecule has 0 saturated heterocycles. The number of thiophene rings is 1. The molecule has 2 aromatic rings. The third-order valence-corrected chi connectivity index (χ3v) is 6.30. The summed E-state index contributed by atoms with van der Waals surface area (Å²) in [7, 11) is 0. The predicted molar refractivity (Wildman–Crippen MR) is 122 cm³/mol. The van der Waals surface area contributed by atoms with Gasteiger partial charge in [0.15, 0.2) is 0 Å². The van der Waals surface area contributed by atoms with Crippen LogP contribution in [0.3, 0.4) is 0 Å². The van der Waals surface area contributed by atoms with Crippen molar-refractivity contribution in [3.8, 4) is 6.07 Å². The Morgan fingerprint density at radius 3 is 2.56 bits per heavy atom. The third kappa shape index (κ3) is 4.57. The van der Waals surface area contributed by atoms with Gasteiger partial charge in [-0.1, -0.05) is 12.1 Å². The largest absolute Gasteiger partial charge is 0.350 e. The van der Waals surface area contributed by atoms with Gasteiger partial charge in [0.05, 0.1) is 30.3 Å². The van der Waals surface area contributed by atoms with Gasteiger partial charge in [-0.2, -0.15) is 5.26 Å². The highest BCUT2D eigenvalue weighted by molar-refractivity contribution is 7.17. The number of anilines is 1. The molecule has 7 nitrogen and oxygen atoms in total. The molecule has 0 saturated carbocycles. The molecule has 0 spiro atoms. The summed E-state index contributed by atoms with van der Waals surface area (Å²) in [6.45, 7) is 4.65. The molecule has 1 atom stereocenters. The normalized spacial score (nSPS) is 15.7. The van der Waals surface area contributed by atoms with E-state index in [0.717, 1.165) is 16.0 Å². The molecular formula is C22H22F2N6OS. The summed E-state index contributed by atoms with van der Waals surface area (Å²) < 4.78 is 25.0. The number of nitriles is 1. The van der Waals surface area contributed by atoms with Crippen LogP contribution in [0.2, 0.25) is 0 Å². The first-order valence-electron chi connectivity index (χ1n) is 9.81. The Balaban J connectivity index is 2.16. The van der Waals surface area contributed by atoms with Gasteiger partial charge in [0.2, 0.25) is 5.91 Å². The van der Waals surface area contributed by atoms with Gasteiger partial charge in [-0.15, -0.1) is 11.3 Å². The Labute approximate surface area is 188 Å². The van der Waals surface area contributed by atoms with E-state index in [-0.39, 0.29) is 18.1 Å². The van der Waals surface area contributed by atoms with Gasteiger partial charge in [-0.3, -0.25) is 25.5 Å². The third-order valence-electron chi connectivity index (χ3n) is 5.10. The first-order chi connectivity index (χ1) is 15.1. The van der Waals surface area contributed by atoms with Crippen molar-refractivity contribution in [1.82, 2.24) is 5.32 Å². The number of hydrogen-bond donors (Lipinski definition) is 3. The summed E-state index contributed by atoms with van der Waals surface area (Å²) in [6.07, 6.45) is -2.98. The number of carbonyl (C=O) groups excluding carboxylic acids is 1. The van der Waals surface area contributed by atoms with E-state index in [1.54, 1.807) is 31.2 Å². The van der Waals surface area contributed by atoms with Crippen molar-refractivity contribution in [2.24, 2.45) is 4.99 Å². The zero-order chi connectivity index (χ0) is 23.6. The van der Waals surface area contributed by atoms with Crippen LogP contribution in [0.15, 0.2) is 29.3 Å². The maximum Gasteiger partial charge on any atom is 0.255 e. The maximum absolute atomic E-state index is 12.5. The minimum Gasteiger partial charge on any atom is -0.350 e. The molecule has 1 aliphatic heterocycles. The molecule has 1 aromatic heterocycles. The molecule has 166 valence electrons. The van der Waals surface area contributed by atoms with Gasteiger partial charge in [0, 0.05) is 16.0 Å². The van der Waals surface area contributed by atoms with Crippen molar-refractivity contribution in [3.63, 3.8) is 0 Å². The monoisotopic (exact) mass is 456 g/mol. The second kappa shape index (κ2) is 9.36. The van der Waals surface area contributed by atoms with Crippen LogP contribution in [0.25, 0.3) is 0 Å². The van der Waals surface area contributed by atoms with E-state index in [0.29, 0.717) is 21.8 Å². The van der Waals surface area contributed by atoms with Gasteiger partial charge in [0.1, 0.15) is 22.7 Å². The Hall–Kier alpha value is -3.45. The number of fused-ring (bicyclic) bond motifs is 1. The Bertz CT molecular complexity index is 1150. The minimum atomic E-state index is -2.68. The number of halogens is 2. The quantitative estimate of drug-likeness (QED) is 0.466. The highest BCUT2D eigenvalue weighted by Crippen LogP contribution is 2.40. The average molecular weight is 457 g/mol. The summed E-state index contributed by atoms with van der Waals surface area (Å²) in [5.74, 6) is -0.633.